The molecule has 1 aromatic carbocycles. The molecule has 8 heteroatoms. The Bertz CT molecular complexity index is 709. The second kappa shape index (κ2) is 7.09. The van der Waals surface area contributed by atoms with E-state index in [-0.39, 0.29) is 12.8 Å². The Morgan fingerprint density at radius 1 is 1.15 bits per heavy atom. The molecule has 0 radical (unpaired) electrons. The summed E-state index contributed by atoms with van der Waals surface area (Å²) < 4.78 is 27.1. The number of benzene rings is 1. The third kappa shape index (κ3) is 3.85. The van der Waals surface area contributed by atoms with Crippen LogP contribution in [0.5, 0.6) is 0 Å². The number of nitrogens with zero attached hydrogens (tertiary/aromatic N) is 3. The summed E-state index contributed by atoms with van der Waals surface area (Å²) >= 11 is 6.45. The van der Waals surface area contributed by atoms with Gasteiger partial charge in [-0.2, -0.15) is 0 Å². The fourth-order valence-corrected chi connectivity index (χ4v) is 5.03. The van der Waals surface area contributed by atoms with Crippen LogP contribution in [0.15, 0.2) is 18.2 Å². The van der Waals surface area contributed by atoms with Crippen molar-refractivity contribution in [1.82, 2.24) is 9.80 Å². The number of amides is 1. The Labute approximate surface area is 162 Å². The van der Waals surface area contributed by atoms with Gasteiger partial charge in [0, 0.05) is 58.7 Å². The Kier molecular flexibility index (Phi) is 4.93. The lowest BCUT2D eigenvalue weighted by molar-refractivity contribution is -0.0220. The van der Waals surface area contributed by atoms with E-state index in [4.69, 9.17) is 16.7 Å². The number of carbonyl (C=O) groups is 1. The fraction of sp³-hybridized carbons (Fsp3) is 0.632. The number of para-hydroxylation sites is 1. The van der Waals surface area contributed by atoms with E-state index in [1.807, 2.05) is 23.1 Å². The first kappa shape index (κ1) is 18.7. The number of anilines is 1. The lowest BCUT2D eigenvalue weighted by Gasteiger charge is -2.35. The highest BCUT2D eigenvalue weighted by molar-refractivity contribution is 6.33. The van der Waals surface area contributed by atoms with Gasteiger partial charge < -0.3 is 14.9 Å². The maximum atomic E-state index is 13.5. The minimum Gasteiger partial charge on any atom is -0.465 e. The predicted octanol–water partition coefficient (Wildman–Crippen LogP) is 3.62. The van der Waals surface area contributed by atoms with E-state index >= 15 is 0 Å². The average Bonchev–Trinajstić information content (AvgIpc) is 3.14. The van der Waals surface area contributed by atoms with E-state index in [1.165, 1.54) is 4.90 Å². The summed E-state index contributed by atoms with van der Waals surface area (Å²) in [5, 5.41) is 9.76. The fourth-order valence-electron chi connectivity index (χ4n) is 4.72. The summed E-state index contributed by atoms with van der Waals surface area (Å²) in [5.74, 6) is -1.84. The molecule has 3 heterocycles. The number of rotatable bonds is 3. The van der Waals surface area contributed by atoms with Crippen molar-refractivity contribution in [3.8, 4) is 0 Å². The number of fused-ring (bicyclic) bond motifs is 1. The molecule has 3 aliphatic heterocycles. The topological polar surface area (TPSA) is 47.0 Å². The van der Waals surface area contributed by atoms with E-state index < -0.39 is 12.0 Å². The molecule has 1 aromatic rings. The van der Waals surface area contributed by atoms with Crippen LogP contribution in [-0.4, -0.2) is 66.2 Å². The van der Waals surface area contributed by atoms with E-state index in [1.54, 1.807) is 0 Å². The minimum atomic E-state index is -2.58. The molecule has 0 aliphatic carbocycles. The molecule has 5 nitrogen and oxygen atoms in total. The molecule has 2 atom stereocenters. The summed E-state index contributed by atoms with van der Waals surface area (Å²) in [6.45, 7) is 4.24. The van der Waals surface area contributed by atoms with Crippen LogP contribution in [-0.2, 0) is 6.54 Å². The molecule has 148 valence electrons. The van der Waals surface area contributed by atoms with Crippen LogP contribution >= 0.6 is 11.6 Å². The van der Waals surface area contributed by atoms with Crippen LogP contribution in [0.2, 0.25) is 5.02 Å². The molecule has 4 rings (SSSR count). The SMILES string of the molecule is O=C(O)N1CC2CN(Cc3cccc(Cl)c3N3CCC(F)(F)CC3)CC2C1. The first-order valence-electron chi connectivity index (χ1n) is 9.43. The Morgan fingerprint density at radius 3 is 2.37 bits per heavy atom. The van der Waals surface area contributed by atoms with Crippen LogP contribution in [0.25, 0.3) is 0 Å². The molecule has 2 unspecified atom stereocenters. The summed E-state index contributed by atoms with van der Waals surface area (Å²) in [6, 6.07) is 5.74. The molecule has 0 spiro atoms. The lowest BCUT2D eigenvalue weighted by Crippen LogP contribution is -2.40. The molecule has 1 N–H and O–H groups in total. The smallest absolute Gasteiger partial charge is 0.407 e. The van der Waals surface area contributed by atoms with Gasteiger partial charge >= 0.3 is 6.09 Å². The average molecular weight is 400 g/mol. The second-order valence-electron chi connectivity index (χ2n) is 7.99. The number of halogens is 3. The third-order valence-corrected chi connectivity index (χ3v) is 6.41. The molecule has 0 aromatic heterocycles. The van der Waals surface area contributed by atoms with Crippen molar-refractivity contribution in [2.45, 2.75) is 25.3 Å². The van der Waals surface area contributed by atoms with Crippen molar-refractivity contribution in [2.75, 3.05) is 44.2 Å². The maximum Gasteiger partial charge on any atom is 0.407 e. The van der Waals surface area contributed by atoms with Crippen molar-refractivity contribution >= 4 is 23.4 Å². The highest BCUT2D eigenvalue weighted by Gasteiger charge is 2.42. The van der Waals surface area contributed by atoms with Gasteiger partial charge in [-0.1, -0.05) is 23.7 Å². The zero-order valence-corrected chi connectivity index (χ0v) is 15.8. The molecule has 3 saturated heterocycles. The Hall–Kier alpha value is -1.60. The number of hydrogen-bond acceptors (Lipinski definition) is 3. The molecule has 1 amide bonds. The molecular formula is C19H24ClF2N3O2. The monoisotopic (exact) mass is 399 g/mol. The molecule has 0 saturated carbocycles. The van der Waals surface area contributed by atoms with Crippen LogP contribution in [0, 0.1) is 11.8 Å². The zero-order valence-electron chi connectivity index (χ0n) is 15.1. The lowest BCUT2D eigenvalue weighted by atomic mass is 10.0. The van der Waals surface area contributed by atoms with Crippen molar-refractivity contribution in [3.05, 3.63) is 28.8 Å². The molecule has 3 aliphatic rings. The number of carboxylic acid groups (broad SMARTS) is 1. The van der Waals surface area contributed by atoms with E-state index in [0.717, 1.165) is 24.3 Å². The number of piperidine rings is 1. The summed E-state index contributed by atoms with van der Waals surface area (Å²) in [6.07, 6.45) is -1.12. The first-order chi connectivity index (χ1) is 12.8. The van der Waals surface area contributed by atoms with Gasteiger partial charge in [-0.25, -0.2) is 13.6 Å². The van der Waals surface area contributed by atoms with E-state index in [9.17, 15) is 13.6 Å². The van der Waals surface area contributed by atoms with Gasteiger partial charge in [0.2, 0.25) is 0 Å². The van der Waals surface area contributed by atoms with Crippen LogP contribution in [0.3, 0.4) is 0 Å². The standard InChI is InChI=1S/C19H24ClF2N3O2/c20-16-3-1-2-13(17(16)24-6-4-19(21,22)5-7-24)8-23-9-14-11-25(18(26)27)12-15(14)10-23/h1-3,14-15H,4-12H2,(H,26,27). The molecule has 27 heavy (non-hydrogen) atoms. The van der Waals surface area contributed by atoms with Crippen molar-refractivity contribution in [3.63, 3.8) is 0 Å². The van der Waals surface area contributed by atoms with E-state index in [2.05, 4.69) is 4.90 Å². The highest BCUT2D eigenvalue weighted by Crippen LogP contribution is 2.38. The maximum absolute atomic E-state index is 13.5. The van der Waals surface area contributed by atoms with Crippen molar-refractivity contribution in [2.24, 2.45) is 11.8 Å². The molecule has 3 fully saturated rings. The van der Waals surface area contributed by atoms with Gasteiger partial charge in [0.15, 0.2) is 0 Å². The van der Waals surface area contributed by atoms with Gasteiger partial charge in [-0.05, 0) is 23.5 Å². The third-order valence-electron chi connectivity index (χ3n) is 6.11. The molecular weight excluding hydrogens is 376 g/mol. The van der Waals surface area contributed by atoms with Gasteiger partial charge in [-0.15, -0.1) is 0 Å². The number of hydrogen-bond donors (Lipinski definition) is 1. The number of alkyl halides is 2. The van der Waals surface area contributed by atoms with Gasteiger partial charge in [-0.3, -0.25) is 4.90 Å². The normalized spacial score (nSPS) is 27.8. The second-order valence-corrected chi connectivity index (χ2v) is 8.40. The molecule has 0 bridgehead atoms. The van der Waals surface area contributed by atoms with E-state index in [0.29, 0.717) is 49.6 Å². The Morgan fingerprint density at radius 2 is 1.78 bits per heavy atom. The van der Waals surface area contributed by atoms with Gasteiger partial charge in [0.1, 0.15) is 0 Å². The largest absolute Gasteiger partial charge is 0.465 e. The van der Waals surface area contributed by atoms with Gasteiger partial charge in [0.05, 0.1) is 10.7 Å². The van der Waals surface area contributed by atoms with Crippen molar-refractivity contribution in [1.29, 1.82) is 0 Å². The summed E-state index contributed by atoms with van der Waals surface area (Å²) in [7, 11) is 0. The quantitative estimate of drug-likeness (QED) is 0.843. The minimum absolute atomic E-state index is 0.142. The van der Waals surface area contributed by atoms with Crippen LogP contribution in [0.1, 0.15) is 18.4 Å². The van der Waals surface area contributed by atoms with Gasteiger partial charge in [0.25, 0.3) is 5.92 Å². The van der Waals surface area contributed by atoms with Crippen molar-refractivity contribution < 1.29 is 18.7 Å². The van der Waals surface area contributed by atoms with Crippen LogP contribution in [0.4, 0.5) is 19.3 Å². The first-order valence-corrected chi connectivity index (χ1v) is 9.80. The predicted molar refractivity (Wildman–Crippen MR) is 99.7 cm³/mol. The number of likely N-dealkylation sites (tertiary alicyclic amines) is 2. The highest BCUT2D eigenvalue weighted by atomic mass is 35.5. The zero-order chi connectivity index (χ0) is 19.2. The Balaban J connectivity index is 1.45. The summed E-state index contributed by atoms with van der Waals surface area (Å²) in [4.78, 5) is 17.0. The van der Waals surface area contributed by atoms with Crippen LogP contribution < -0.4 is 4.90 Å². The summed E-state index contributed by atoms with van der Waals surface area (Å²) in [5.41, 5.74) is 1.93.